The van der Waals surface area contributed by atoms with Crippen LogP contribution < -0.4 is 5.73 Å². The highest BCUT2D eigenvalue weighted by Crippen LogP contribution is 2.43. The summed E-state index contributed by atoms with van der Waals surface area (Å²) in [4.78, 5) is 0. The molecule has 0 amide bonds. The van der Waals surface area contributed by atoms with Gasteiger partial charge in [0, 0.05) is 11.3 Å². The first-order valence-electron chi connectivity index (χ1n) is 5.11. The fourth-order valence-electron chi connectivity index (χ4n) is 1.66. The summed E-state index contributed by atoms with van der Waals surface area (Å²) < 4.78 is 0. The van der Waals surface area contributed by atoms with Gasteiger partial charge < -0.3 is 5.73 Å². The van der Waals surface area contributed by atoms with Gasteiger partial charge in [0.1, 0.15) is 0 Å². The van der Waals surface area contributed by atoms with Gasteiger partial charge in [0.2, 0.25) is 0 Å². The fraction of sp³-hybridized carbons (Fsp3) is 0.0769. The van der Waals surface area contributed by atoms with Crippen LogP contribution in [0.4, 0.5) is 5.69 Å². The van der Waals surface area contributed by atoms with Crippen molar-refractivity contribution in [3.8, 4) is 11.1 Å². The maximum atomic E-state index is 6.20. The third kappa shape index (κ3) is 2.41. The summed E-state index contributed by atoms with van der Waals surface area (Å²) in [6, 6.07) is 7.14. The third-order valence-electron chi connectivity index (χ3n) is 2.67. The Hall–Kier alpha value is -0.600. The summed E-state index contributed by atoms with van der Waals surface area (Å²) in [7, 11) is 0. The van der Waals surface area contributed by atoms with Crippen LogP contribution in [0, 0.1) is 6.92 Å². The Bertz CT molecular complexity index is 623. The molecule has 0 heterocycles. The van der Waals surface area contributed by atoms with E-state index in [2.05, 4.69) is 0 Å². The van der Waals surface area contributed by atoms with Gasteiger partial charge in [-0.2, -0.15) is 0 Å². The summed E-state index contributed by atoms with van der Waals surface area (Å²) in [5, 5.41) is 1.44. The quantitative estimate of drug-likeness (QED) is 0.397. The van der Waals surface area contributed by atoms with Gasteiger partial charge in [0.15, 0.2) is 0 Å². The smallest absolute Gasteiger partial charge is 0.0785 e. The van der Waals surface area contributed by atoms with Crippen LogP contribution in [0.1, 0.15) is 5.56 Å². The zero-order valence-corrected chi connectivity index (χ0v) is 12.4. The molecule has 2 aromatic rings. The van der Waals surface area contributed by atoms with Gasteiger partial charge in [-0.1, -0.05) is 52.5 Å². The lowest BCUT2D eigenvalue weighted by Crippen LogP contribution is -1.91. The number of benzene rings is 2. The molecule has 0 aliphatic rings. The average Bonchev–Trinajstić information content (AvgIpc) is 2.31. The lowest BCUT2D eigenvalue weighted by atomic mass is 10.0. The van der Waals surface area contributed by atoms with Gasteiger partial charge in [-0.05, 0) is 36.2 Å². The van der Waals surface area contributed by atoms with Crippen LogP contribution in [0.3, 0.4) is 0 Å². The Morgan fingerprint density at radius 3 is 2.17 bits per heavy atom. The summed E-state index contributed by atoms with van der Waals surface area (Å²) in [5.74, 6) is 0. The molecule has 18 heavy (non-hydrogen) atoms. The Balaban J connectivity index is 2.71. The number of nitrogens with two attached hydrogens (primary N) is 1. The lowest BCUT2D eigenvalue weighted by molar-refractivity contribution is 1.46. The van der Waals surface area contributed by atoms with Gasteiger partial charge in [-0.15, -0.1) is 0 Å². The monoisotopic (exact) mass is 319 g/mol. The fourth-order valence-corrected chi connectivity index (χ4v) is 2.79. The molecule has 0 aromatic heterocycles. The second-order valence-corrected chi connectivity index (χ2v) is 5.48. The molecule has 0 spiro atoms. The predicted octanol–water partition coefficient (Wildman–Crippen LogP) is 5.86. The van der Waals surface area contributed by atoms with Crippen LogP contribution >= 0.6 is 46.4 Å². The van der Waals surface area contributed by atoms with Crippen molar-refractivity contribution in [2.45, 2.75) is 6.92 Å². The molecule has 94 valence electrons. The highest BCUT2D eigenvalue weighted by molar-refractivity contribution is 6.51. The van der Waals surface area contributed by atoms with E-state index in [0.717, 1.165) is 11.1 Å². The first-order chi connectivity index (χ1) is 8.41. The minimum absolute atomic E-state index is 0.298. The maximum absolute atomic E-state index is 6.20. The molecule has 0 aliphatic heterocycles. The van der Waals surface area contributed by atoms with Crippen LogP contribution in [0.25, 0.3) is 11.1 Å². The van der Waals surface area contributed by atoms with E-state index in [1.54, 1.807) is 12.1 Å². The maximum Gasteiger partial charge on any atom is 0.0785 e. The van der Waals surface area contributed by atoms with Crippen LogP contribution in [0.5, 0.6) is 0 Å². The molecule has 2 aromatic carbocycles. The Morgan fingerprint density at radius 1 is 0.889 bits per heavy atom. The highest BCUT2D eigenvalue weighted by atomic mass is 35.5. The van der Waals surface area contributed by atoms with Crippen LogP contribution in [0.15, 0.2) is 24.3 Å². The number of rotatable bonds is 1. The second kappa shape index (κ2) is 5.18. The van der Waals surface area contributed by atoms with Crippen LogP contribution in [-0.4, -0.2) is 0 Å². The Kier molecular flexibility index (Phi) is 3.98. The van der Waals surface area contributed by atoms with Crippen molar-refractivity contribution in [2.24, 2.45) is 0 Å². The first-order valence-corrected chi connectivity index (χ1v) is 6.62. The van der Waals surface area contributed by atoms with Gasteiger partial charge in [0.05, 0.1) is 20.1 Å². The topological polar surface area (TPSA) is 26.0 Å². The van der Waals surface area contributed by atoms with Gasteiger partial charge in [-0.25, -0.2) is 0 Å². The molecule has 0 saturated carbocycles. The predicted molar refractivity (Wildman–Crippen MR) is 81.1 cm³/mol. The van der Waals surface area contributed by atoms with Crippen LogP contribution in [0.2, 0.25) is 20.1 Å². The van der Waals surface area contributed by atoms with Gasteiger partial charge >= 0.3 is 0 Å². The number of halogens is 4. The summed E-state index contributed by atoms with van der Waals surface area (Å²) in [5.41, 5.74) is 8.97. The Labute approximate surface area is 125 Å². The number of anilines is 1. The van der Waals surface area contributed by atoms with E-state index in [1.165, 1.54) is 0 Å². The number of aryl methyl sites for hydroxylation is 1. The van der Waals surface area contributed by atoms with E-state index in [1.807, 2.05) is 19.1 Å². The SMILES string of the molecule is Cc1cc(-c2c(Cl)cc(Cl)c(Cl)c2Cl)ccc1N. The molecule has 0 fully saturated rings. The van der Waals surface area contributed by atoms with E-state index in [-0.39, 0.29) is 0 Å². The minimum atomic E-state index is 0.298. The molecule has 0 bridgehead atoms. The van der Waals surface area contributed by atoms with Crippen molar-refractivity contribution in [1.82, 2.24) is 0 Å². The normalized spacial score (nSPS) is 10.7. The number of hydrogen-bond acceptors (Lipinski definition) is 1. The lowest BCUT2D eigenvalue weighted by Gasteiger charge is -2.11. The van der Waals surface area contributed by atoms with Crippen molar-refractivity contribution in [3.63, 3.8) is 0 Å². The summed E-state index contributed by atoms with van der Waals surface area (Å²) in [6.45, 7) is 1.91. The zero-order valence-electron chi connectivity index (χ0n) is 9.40. The summed E-state index contributed by atoms with van der Waals surface area (Å²) >= 11 is 24.3. The molecule has 0 atom stereocenters. The number of hydrogen-bond donors (Lipinski definition) is 1. The summed E-state index contributed by atoms with van der Waals surface area (Å²) in [6.07, 6.45) is 0. The molecule has 0 saturated heterocycles. The van der Waals surface area contributed by atoms with Crippen molar-refractivity contribution >= 4 is 52.1 Å². The second-order valence-electron chi connectivity index (χ2n) is 3.91. The highest BCUT2D eigenvalue weighted by Gasteiger charge is 2.15. The van der Waals surface area contributed by atoms with Crippen molar-refractivity contribution in [1.29, 1.82) is 0 Å². The Morgan fingerprint density at radius 2 is 1.56 bits per heavy atom. The minimum Gasteiger partial charge on any atom is -0.399 e. The molecule has 0 aliphatic carbocycles. The van der Waals surface area contributed by atoms with E-state index >= 15 is 0 Å². The van der Waals surface area contributed by atoms with E-state index in [9.17, 15) is 0 Å². The first kappa shape index (κ1) is 13.8. The van der Waals surface area contributed by atoms with E-state index in [4.69, 9.17) is 52.1 Å². The molecular formula is C13H9Cl4N. The molecule has 2 N–H and O–H groups in total. The third-order valence-corrected chi connectivity index (χ3v) is 4.23. The molecule has 0 unspecified atom stereocenters. The largest absolute Gasteiger partial charge is 0.399 e. The van der Waals surface area contributed by atoms with Crippen LogP contribution in [-0.2, 0) is 0 Å². The van der Waals surface area contributed by atoms with E-state index < -0.39 is 0 Å². The standard InChI is InChI=1S/C13H9Cl4N/c1-6-4-7(2-3-10(6)18)11-8(14)5-9(15)12(16)13(11)17/h2-5H,18H2,1H3. The molecule has 0 radical (unpaired) electrons. The zero-order chi connectivity index (χ0) is 13.4. The average molecular weight is 321 g/mol. The van der Waals surface area contributed by atoms with Crippen molar-refractivity contribution in [2.75, 3.05) is 5.73 Å². The molecule has 2 rings (SSSR count). The van der Waals surface area contributed by atoms with Crippen molar-refractivity contribution in [3.05, 3.63) is 49.9 Å². The molecule has 1 nitrogen and oxygen atoms in total. The van der Waals surface area contributed by atoms with Gasteiger partial charge in [-0.3, -0.25) is 0 Å². The van der Waals surface area contributed by atoms with Crippen molar-refractivity contribution < 1.29 is 0 Å². The number of nitrogen functional groups attached to an aromatic ring is 1. The molecule has 5 heteroatoms. The van der Waals surface area contributed by atoms with Gasteiger partial charge in [0.25, 0.3) is 0 Å². The van der Waals surface area contributed by atoms with E-state index in [0.29, 0.717) is 31.3 Å². The molecular weight excluding hydrogens is 312 g/mol.